The van der Waals surface area contributed by atoms with Crippen LogP contribution < -0.4 is 4.74 Å². The lowest BCUT2D eigenvalue weighted by molar-refractivity contribution is 0.0437. The zero-order valence-electron chi connectivity index (χ0n) is 13.8. The van der Waals surface area contributed by atoms with Crippen LogP contribution in [0.4, 0.5) is 0 Å². The van der Waals surface area contributed by atoms with Crippen LogP contribution in [0.5, 0.6) is 5.75 Å². The molecule has 0 spiro atoms. The topological polar surface area (TPSA) is 75.0 Å². The highest BCUT2D eigenvalue weighted by molar-refractivity contribution is 7.17. The Kier molecular flexibility index (Phi) is 4.22. The lowest BCUT2D eigenvalue weighted by Gasteiger charge is -2.16. The van der Waals surface area contributed by atoms with Crippen LogP contribution in [0.1, 0.15) is 31.4 Å². The number of carbonyl (C=O) groups is 2. The van der Waals surface area contributed by atoms with Crippen molar-refractivity contribution in [3.8, 4) is 16.2 Å². The lowest BCUT2D eigenvalue weighted by Crippen LogP contribution is -2.07. The first-order valence-corrected chi connectivity index (χ1v) is 8.65. The van der Waals surface area contributed by atoms with E-state index in [1.54, 1.807) is 6.07 Å². The van der Waals surface area contributed by atoms with E-state index in [0.29, 0.717) is 11.5 Å². The molecule has 0 aliphatic carbocycles. The van der Waals surface area contributed by atoms with Gasteiger partial charge in [-0.15, -0.1) is 11.3 Å². The normalized spacial score (nSPS) is 11.9. The van der Waals surface area contributed by atoms with Crippen LogP contribution in [0.15, 0.2) is 47.1 Å². The standard InChI is InChI=1S/C19H14O6S/c1-22-18(20)13-6-7-23-15(13)10-25-19(21)16-8-11-9-24-14-5-3-2-4-12(14)17(11)26-16/h2-8H,9-10H2,1H3. The average Bonchev–Trinajstić information content (AvgIpc) is 3.32. The van der Waals surface area contributed by atoms with Crippen LogP contribution >= 0.6 is 11.3 Å². The maximum Gasteiger partial charge on any atom is 0.348 e. The second-order valence-corrected chi connectivity index (χ2v) is 6.63. The number of methoxy groups -OCH3 is 1. The Morgan fingerprint density at radius 3 is 2.88 bits per heavy atom. The Morgan fingerprint density at radius 2 is 2.04 bits per heavy atom. The molecule has 7 heteroatoms. The molecule has 0 saturated carbocycles. The molecule has 0 N–H and O–H groups in total. The maximum absolute atomic E-state index is 12.4. The van der Waals surface area contributed by atoms with E-state index in [-0.39, 0.29) is 17.9 Å². The molecule has 26 heavy (non-hydrogen) atoms. The van der Waals surface area contributed by atoms with Crippen LogP contribution in [-0.4, -0.2) is 19.0 Å². The van der Waals surface area contributed by atoms with Crippen LogP contribution in [0.25, 0.3) is 10.4 Å². The first-order valence-electron chi connectivity index (χ1n) is 7.84. The number of rotatable bonds is 4. The van der Waals surface area contributed by atoms with Crippen molar-refractivity contribution in [1.82, 2.24) is 0 Å². The molecule has 3 aromatic rings. The van der Waals surface area contributed by atoms with E-state index in [4.69, 9.17) is 13.9 Å². The van der Waals surface area contributed by atoms with E-state index in [1.165, 1.54) is 30.8 Å². The van der Waals surface area contributed by atoms with Gasteiger partial charge in [0.2, 0.25) is 0 Å². The summed E-state index contributed by atoms with van der Waals surface area (Å²) < 4.78 is 20.9. The van der Waals surface area contributed by atoms with Gasteiger partial charge in [0.1, 0.15) is 22.8 Å². The number of thiophene rings is 1. The van der Waals surface area contributed by atoms with E-state index >= 15 is 0 Å². The van der Waals surface area contributed by atoms with Crippen LogP contribution in [0, 0.1) is 0 Å². The zero-order chi connectivity index (χ0) is 18.1. The second-order valence-electron chi connectivity index (χ2n) is 5.58. The SMILES string of the molecule is COC(=O)c1ccoc1COC(=O)c1cc2c(s1)-c1ccccc1OC2. The number of hydrogen-bond donors (Lipinski definition) is 0. The third-order valence-corrected chi connectivity index (χ3v) is 5.20. The third-order valence-electron chi connectivity index (χ3n) is 4.01. The fourth-order valence-electron chi connectivity index (χ4n) is 2.75. The molecule has 1 aliphatic rings. The summed E-state index contributed by atoms with van der Waals surface area (Å²) in [5.41, 5.74) is 2.17. The van der Waals surface area contributed by atoms with Crippen LogP contribution in [-0.2, 0) is 22.7 Å². The molecule has 1 aromatic carbocycles. The molecule has 132 valence electrons. The number of fused-ring (bicyclic) bond motifs is 3. The number of carbonyl (C=O) groups excluding carboxylic acids is 2. The van der Waals surface area contributed by atoms with Gasteiger partial charge in [-0.2, -0.15) is 0 Å². The van der Waals surface area contributed by atoms with Gasteiger partial charge in [0, 0.05) is 16.0 Å². The highest BCUT2D eigenvalue weighted by atomic mass is 32.1. The van der Waals surface area contributed by atoms with E-state index in [9.17, 15) is 9.59 Å². The quantitative estimate of drug-likeness (QED) is 0.645. The molecule has 0 atom stereocenters. The van der Waals surface area contributed by atoms with Gasteiger partial charge in [-0.05, 0) is 24.3 Å². The molecule has 0 amide bonds. The van der Waals surface area contributed by atoms with Crippen molar-refractivity contribution in [2.45, 2.75) is 13.2 Å². The van der Waals surface area contributed by atoms with Crippen molar-refractivity contribution in [2.24, 2.45) is 0 Å². The van der Waals surface area contributed by atoms with E-state index in [1.807, 2.05) is 24.3 Å². The fourth-order valence-corrected chi connectivity index (χ4v) is 3.84. The summed E-state index contributed by atoms with van der Waals surface area (Å²) >= 11 is 1.36. The van der Waals surface area contributed by atoms with Crippen molar-refractivity contribution in [3.05, 3.63) is 64.4 Å². The Balaban J connectivity index is 1.52. The lowest BCUT2D eigenvalue weighted by atomic mass is 10.1. The molecule has 0 unspecified atom stereocenters. The minimum atomic E-state index is -0.537. The molecule has 1 aliphatic heterocycles. The summed E-state index contributed by atoms with van der Waals surface area (Å²) in [7, 11) is 1.28. The molecular formula is C19H14O6S. The predicted molar refractivity (Wildman–Crippen MR) is 93.3 cm³/mol. The van der Waals surface area contributed by atoms with Gasteiger partial charge in [0.15, 0.2) is 12.4 Å². The summed E-state index contributed by atoms with van der Waals surface area (Å²) in [6, 6.07) is 11.0. The Bertz CT molecular complexity index is 984. The van der Waals surface area contributed by atoms with Crippen LogP contribution in [0.2, 0.25) is 0 Å². The summed E-state index contributed by atoms with van der Waals surface area (Å²) in [4.78, 5) is 25.5. The predicted octanol–water partition coefficient (Wildman–Crippen LogP) is 4.04. The number of esters is 2. The number of para-hydroxylation sites is 1. The highest BCUT2D eigenvalue weighted by Gasteiger charge is 2.24. The van der Waals surface area contributed by atoms with E-state index < -0.39 is 11.9 Å². The minimum absolute atomic E-state index is 0.147. The molecule has 0 saturated heterocycles. The monoisotopic (exact) mass is 370 g/mol. The molecule has 3 heterocycles. The molecule has 6 nitrogen and oxygen atoms in total. The molecule has 0 bridgehead atoms. The summed E-state index contributed by atoms with van der Waals surface area (Å²) in [6.45, 7) is 0.271. The van der Waals surface area contributed by atoms with Crippen molar-refractivity contribution >= 4 is 23.3 Å². The van der Waals surface area contributed by atoms with Crippen molar-refractivity contribution in [1.29, 1.82) is 0 Å². The minimum Gasteiger partial charge on any atom is -0.488 e. The van der Waals surface area contributed by atoms with Crippen molar-refractivity contribution in [2.75, 3.05) is 7.11 Å². The molecule has 0 radical (unpaired) electrons. The number of ether oxygens (including phenoxy) is 3. The van der Waals surface area contributed by atoms with Crippen molar-refractivity contribution < 1.29 is 28.2 Å². The molecule has 0 fully saturated rings. The van der Waals surface area contributed by atoms with Gasteiger partial charge in [0.05, 0.1) is 13.4 Å². The van der Waals surface area contributed by atoms with Crippen molar-refractivity contribution in [3.63, 3.8) is 0 Å². The second kappa shape index (κ2) is 6.68. The largest absolute Gasteiger partial charge is 0.488 e. The van der Waals surface area contributed by atoms with E-state index in [2.05, 4.69) is 4.74 Å². The Morgan fingerprint density at radius 1 is 1.19 bits per heavy atom. The van der Waals surface area contributed by atoms with Crippen LogP contribution in [0.3, 0.4) is 0 Å². The van der Waals surface area contributed by atoms with Gasteiger partial charge in [-0.1, -0.05) is 12.1 Å². The smallest absolute Gasteiger partial charge is 0.348 e. The van der Waals surface area contributed by atoms with Gasteiger partial charge < -0.3 is 18.6 Å². The summed E-state index contributed by atoms with van der Waals surface area (Å²) in [5, 5.41) is 0. The Hall–Kier alpha value is -3.06. The first kappa shape index (κ1) is 16.4. The molecular weight excluding hydrogens is 356 g/mol. The summed E-state index contributed by atoms with van der Waals surface area (Å²) in [6.07, 6.45) is 1.35. The maximum atomic E-state index is 12.4. The number of furan rings is 1. The fraction of sp³-hybridized carbons (Fsp3) is 0.158. The Labute approximate surface area is 152 Å². The van der Waals surface area contributed by atoms with Gasteiger partial charge in [-0.3, -0.25) is 0 Å². The van der Waals surface area contributed by atoms with Gasteiger partial charge in [0.25, 0.3) is 0 Å². The first-order chi connectivity index (χ1) is 12.7. The molecule has 4 rings (SSSR count). The number of hydrogen-bond acceptors (Lipinski definition) is 7. The highest BCUT2D eigenvalue weighted by Crippen LogP contribution is 2.42. The van der Waals surface area contributed by atoms with E-state index in [0.717, 1.165) is 21.8 Å². The zero-order valence-corrected chi connectivity index (χ0v) is 14.6. The summed E-state index contributed by atoms with van der Waals surface area (Å²) in [5.74, 6) is 0.0412. The third kappa shape index (κ3) is 2.86. The average molecular weight is 370 g/mol. The van der Waals surface area contributed by atoms with Gasteiger partial charge >= 0.3 is 11.9 Å². The molecule has 2 aromatic heterocycles. The number of benzene rings is 1. The van der Waals surface area contributed by atoms with Gasteiger partial charge in [-0.25, -0.2) is 9.59 Å².